The molecule has 1 aliphatic rings. The maximum absolute atomic E-state index is 12.5. The third kappa shape index (κ3) is 3.87. The van der Waals surface area contributed by atoms with Gasteiger partial charge in [-0.2, -0.15) is 0 Å². The molecular weight excluding hydrogens is 378 g/mol. The molecule has 144 valence electrons. The number of carbonyl (C=O) groups is 1. The molecule has 1 heterocycles. The Balaban J connectivity index is 1.47. The van der Waals surface area contributed by atoms with Crippen LogP contribution in [0.4, 0.5) is 0 Å². The number of aromatic amines is 1. The number of benzene rings is 2. The lowest BCUT2D eigenvalue weighted by atomic mass is 10.0. The molecule has 1 aromatic heterocycles. The molecule has 6 nitrogen and oxygen atoms in total. The molecule has 0 saturated heterocycles. The summed E-state index contributed by atoms with van der Waals surface area (Å²) in [7, 11) is 0. The molecule has 1 amide bonds. The Bertz CT molecular complexity index is 1130. The van der Waals surface area contributed by atoms with Crippen molar-refractivity contribution in [2.24, 2.45) is 5.92 Å². The molecule has 2 aromatic carbocycles. The first-order valence-corrected chi connectivity index (χ1v) is 9.67. The standard InChI is InChI=1S/C21H20ClN3O3/c22-15-9-7-14(8-10-15)19(13-5-6-13)23-18(26)11-12-25-21(28)17-4-2-1-3-16(17)20(27)24-25/h1-4,7-10,13,19H,5-6,11-12H2,(H,23,26)(H,24,27). The summed E-state index contributed by atoms with van der Waals surface area (Å²) >= 11 is 5.96. The second-order valence-electron chi connectivity index (χ2n) is 7.13. The van der Waals surface area contributed by atoms with Crippen molar-refractivity contribution < 1.29 is 4.79 Å². The van der Waals surface area contributed by atoms with Crippen molar-refractivity contribution in [2.75, 3.05) is 0 Å². The highest BCUT2D eigenvalue weighted by molar-refractivity contribution is 6.30. The molecule has 1 unspecified atom stereocenters. The summed E-state index contributed by atoms with van der Waals surface area (Å²) in [6, 6.07) is 14.1. The highest BCUT2D eigenvalue weighted by Gasteiger charge is 2.33. The van der Waals surface area contributed by atoms with Gasteiger partial charge in [-0.3, -0.25) is 19.5 Å². The van der Waals surface area contributed by atoms with Crippen molar-refractivity contribution in [1.29, 1.82) is 0 Å². The van der Waals surface area contributed by atoms with Crippen LogP contribution in [0.25, 0.3) is 10.8 Å². The molecule has 0 bridgehead atoms. The van der Waals surface area contributed by atoms with E-state index in [9.17, 15) is 14.4 Å². The number of hydrogen-bond donors (Lipinski definition) is 2. The predicted octanol–water partition coefficient (Wildman–Crippen LogP) is 3.00. The number of nitrogens with zero attached hydrogens (tertiary/aromatic N) is 1. The highest BCUT2D eigenvalue weighted by Crippen LogP contribution is 2.41. The van der Waals surface area contributed by atoms with Gasteiger partial charge in [0, 0.05) is 11.4 Å². The number of aromatic nitrogens is 2. The zero-order valence-corrected chi connectivity index (χ0v) is 15.9. The Labute approximate surface area is 166 Å². The number of fused-ring (bicyclic) bond motifs is 1. The van der Waals surface area contributed by atoms with Gasteiger partial charge >= 0.3 is 0 Å². The van der Waals surface area contributed by atoms with Crippen LogP contribution in [0.3, 0.4) is 0 Å². The SMILES string of the molecule is O=C(CCn1[nH]c(=O)c2ccccc2c1=O)NC(c1ccc(Cl)cc1)C1CC1. The fourth-order valence-electron chi connectivity index (χ4n) is 3.44. The number of hydrogen-bond acceptors (Lipinski definition) is 3. The quantitative estimate of drug-likeness (QED) is 0.670. The van der Waals surface area contributed by atoms with Crippen LogP contribution < -0.4 is 16.4 Å². The second kappa shape index (κ2) is 7.64. The maximum atomic E-state index is 12.5. The van der Waals surface area contributed by atoms with Crippen LogP contribution in [-0.2, 0) is 11.3 Å². The molecule has 0 radical (unpaired) electrons. The first-order chi connectivity index (χ1) is 13.5. The lowest BCUT2D eigenvalue weighted by Gasteiger charge is -2.19. The third-order valence-electron chi connectivity index (χ3n) is 5.09. The Morgan fingerprint density at radius 3 is 2.46 bits per heavy atom. The monoisotopic (exact) mass is 397 g/mol. The lowest BCUT2D eigenvalue weighted by molar-refractivity contribution is -0.122. The van der Waals surface area contributed by atoms with E-state index < -0.39 is 0 Å². The minimum absolute atomic E-state index is 0.0582. The van der Waals surface area contributed by atoms with Crippen molar-refractivity contribution in [1.82, 2.24) is 15.1 Å². The Hall–Kier alpha value is -2.86. The van der Waals surface area contributed by atoms with E-state index in [0.29, 0.717) is 21.7 Å². The predicted molar refractivity (Wildman–Crippen MR) is 109 cm³/mol. The van der Waals surface area contributed by atoms with Crippen molar-refractivity contribution in [2.45, 2.75) is 31.8 Å². The summed E-state index contributed by atoms with van der Waals surface area (Å²) in [6.07, 6.45) is 2.25. The first-order valence-electron chi connectivity index (χ1n) is 9.29. The van der Waals surface area contributed by atoms with Crippen molar-refractivity contribution >= 4 is 28.3 Å². The minimum atomic E-state index is -0.340. The smallest absolute Gasteiger partial charge is 0.273 e. The van der Waals surface area contributed by atoms with E-state index in [1.807, 2.05) is 24.3 Å². The molecule has 1 aliphatic carbocycles. The van der Waals surface area contributed by atoms with E-state index in [2.05, 4.69) is 10.4 Å². The summed E-state index contributed by atoms with van der Waals surface area (Å²) in [5, 5.41) is 6.98. The molecule has 7 heteroatoms. The van der Waals surface area contributed by atoms with Gasteiger partial charge in [-0.1, -0.05) is 35.9 Å². The number of nitrogens with one attached hydrogen (secondary N) is 2. The van der Waals surface area contributed by atoms with E-state index in [1.165, 1.54) is 4.68 Å². The van der Waals surface area contributed by atoms with Gasteiger partial charge < -0.3 is 5.32 Å². The average Bonchev–Trinajstić information content (AvgIpc) is 3.54. The van der Waals surface area contributed by atoms with Gasteiger partial charge in [0.25, 0.3) is 11.1 Å². The first kappa shape index (κ1) is 18.5. The van der Waals surface area contributed by atoms with Gasteiger partial charge in [-0.05, 0) is 48.6 Å². The van der Waals surface area contributed by atoms with E-state index in [-0.39, 0.29) is 36.0 Å². The zero-order chi connectivity index (χ0) is 19.7. The number of amides is 1. The van der Waals surface area contributed by atoms with Crippen LogP contribution in [0.15, 0.2) is 58.1 Å². The number of aryl methyl sites for hydroxylation is 1. The molecule has 1 saturated carbocycles. The van der Waals surface area contributed by atoms with E-state index in [4.69, 9.17) is 11.6 Å². The normalized spacial score (nSPS) is 14.8. The van der Waals surface area contributed by atoms with E-state index >= 15 is 0 Å². The van der Waals surface area contributed by atoms with E-state index in [0.717, 1.165) is 18.4 Å². The maximum Gasteiger partial charge on any atom is 0.273 e. The van der Waals surface area contributed by atoms with Gasteiger partial charge in [0.2, 0.25) is 5.91 Å². The zero-order valence-electron chi connectivity index (χ0n) is 15.2. The van der Waals surface area contributed by atoms with Gasteiger partial charge in [0.1, 0.15) is 0 Å². The summed E-state index contributed by atoms with van der Waals surface area (Å²) in [5.41, 5.74) is 0.378. The number of rotatable bonds is 6. The minimum Gasteiger partial charge on any atom is -0.349 e. The summed E-state index contributed by atoms with van der Waals surface area (Å²) in [5.74, 6) is 0.265. The summed E-state index contributed by atoms with van der Waals surface area (Å²) in [4.78, 5) is 37.2. The number of carbonyl (C=O) groups excluding carboxylic acids is 1. The Morgan fingerprint density at radius 1 is 1.11 bits per heavy atom. The molecule has 0 spiro atoms. The number of H-pyrrole nitrogens is 1. The summed E-state index contributed by atoms with van der Waals surface area (Å²) in [6.45, 7) is 0.114. The van der Waals surface area contributed by atoms with Crippen LogP contribution in [0.5, 0.6) is 0 Å². The Kier molecular flexibility index (Phi) is 5.05. The van der Waals surface area contributed by atoms with Crippen LogP contribution in [-0.4, -0.2) is 15.7 Å². The van der Waals surface area contributed by atoms with Gasteiger partial charge in [0.15, 0.2) is 0 Å². The largest absolute Gasteiger partial charge is 0.349 e. The van der Waals surface area contributed by atoms with Crippen LogP contribution in [0, 0.1) is 5.92 Å². The Morgan fingerprint density at radius 2 is 1.79 bits per heavy atom. The van der Waals surface area contributed by atoms with Crippen LogP contribution in [0.2, 0.25) is 5.02 Å². The molecular formula is C21H20ClN3O3. The third-order valence-corrected chi connectivity index (χ3v) is 5.34. The van der Waals surface area contributed by atoms with Crippen molar-refractivity contribution in [3.8, 4) is 0 Å². The second-order valence-corrected chi connectivity index (χ2v) is 7.56. The van der Waals surface area contributed by atoms with Crippen molar-refractivity contribution in [3.05, 3.63) is 79.8 Å². The summed E-state index contributed by atoms with van der Waals surface area (Å²) < 4.78 is 1.21. The highest BCUT2D eigenvalue weighted by atomic mass is 35.5. The molecule has 4 rings (SSSR count). The van der Waals surface area contributed by atoms with Crippen LogP contribution in [0.1, 0.15) is 30.9 Å². The van der Waals surface area contributed by atoms with Crippen molar-refractivity contribution in [3.63, 3.8) is 0 Å². The fraction of sp³-hybridized carbons (Fsp3) is 0.286. The van der Waals surface area contributed by atoms with Gasteiger partial charge in [-0.25, -0.2) is 4.68 Å². The van der Waals surface area contributed by atoms with Crippen LogP contribution >= 0.6 is 11.6 Å². The molecule has 3 aromatic rings. The number of halogens is 1. The molecule has 0 aliphatic heterocycles. The molecule has 2 N–H and O–H groups in total. The average molecular weight is 398 g/mol. The lowest BCUT2D eigenvalue weighted by Crippen LogP contribution is -2.34. The van der Waals surface area contributed by atoms with E-state index in [1.54, 1.807) is 24.3 Å². The van der Waals surface area contributed by atoms with Gasteiger partial charge in [0.05, 0.1) is 23.4 Å². The van der Waals surface area contributed by atoms with Gasteiger partial charge in [-0.15, -0.1) is 0 Å². The fourth-order valence-corrected chi connectivity index (χ4v) is 3.56. The topological polar surface area (TPSA) is 84.0 Å². The molecule has 28 heavy (non-hydrogen) atoms. The molecule has 1 atom stereocenters. The molecule has 1 fully saturated rings.